The van der Waals surface area contributed by atoms with Gasteiger partial charge in [-0.3, -0.25) is 0 Å². The Hall–Kier alpha value is -1.63. The molecule has 3 heterocycles. The molecule has 0 aliphatic carbocycles. The van der Waals surface area contributed by atoms with Crippen molar-refractivity contribution in [3.8, 4) is 0 Å². The molecule has 1 aromatic heterocycles. The molecule has 2 saturated heterocycles. The number of amides is 1. The minimum Gasteiger partial charge on any atom is -0.444 e. The molecule has 2 aliphatic rings. The van der Waals surface area contributed by atoms with Gasteiger partial charge in [0.25, 0.3) is 0 Å². The van der Waals surface area contributed by atoms with Crippen LogP contribution >= 0.6 is 0 Å². The summed E-state index contributed by atoms with van der Waals surface area (Å²) in [6.07, 6.45) is 5.74. The van der Waals surface area contributed by atoms with Crippen molar-refractivity contribution in [3.05, 3.63) is 12.2 Å². The van der Waals surface area contributed by atoms with E-state index in [0.717, 1.165) is 31.5 Å². The molecule has 2 fully saturated rings. The summed E-state index contributed by atoms with van der Waals surface area (Å²) in [6.45, 7) is 10.7. The van der Waals surface area contributed by atoms with E-state index in [1.807, 2.05) is 25.7 Å². The largest absolute Gasteiger partial charge is 0.444 e. The van der Waals surface area contributed by atoms with Gasteiger partial charge in [-0.1, -0.05) is 0 Å². The molecular weight excluding hydrogens is 318 g/mol. The summed E-state index contributed by atoms with van der Waals surface area (Å²) in [5.41, 5.74) is -0.438. The van der Waals surface area contributed by atoms with Crippen molar-refractivity contribution in [2.24, 2.45) is 0 Å². The van der Waals surface area contributed by atoms with E-state index in [2.05, 4.69) is 33.9 Å². The molecule has 0 spiro atoms. The number of nitrogens with one attached hydrogen (secondary N) is 1. The van der Waals surface area contributed by atoms with Crippen LogP contribution in [-0.2, 0) is 11.3 Å². The highest BCUT2D eigenvalue weighted by atomic mass is 16.6. The lowest BCUT2D eigenvalue weighted by molar-refractivity contribution is 0.00461. The van der Waals surface area contributed by atoms with Crippen LogP contribution in [0.2, 0.25) is 0 Å². The normalized spacial score (nSPS) is 26.3. The summed E-state index contributed by atoms with van der Waals surface area (Å²) >= 11 is 0. The maximum absolute atomic E-state index is 12.5. The van der Waals surface area contributed by atoms with Crippen LogP contribution in [-0.4, -0.2) is 49.5 Å². The fourth-order valence-corrected chi connectivity index (χ4v) is 4.02. The van der Waals surface area contributed by atoms with Crippen molar-refractivity contribution < 1.29 is 9.53 Å². The van der Waals surface area contributed by atoms with E-state index in [9.17, 15) is 4.79 Å². The Kier molecular flexibility index (Phi) is 5.04. The molecule has 1 N–H and O–H groups in total. The van der Waals surface area contributed by atoms with Crippen molar-refractivity contribution >= 4 is 6.09 Å². The Labute approximate surface area is 150 Å². The third-order valence-electron chi connectivity index (χ3n) is 5.09. The third-order valence-corrected chi connectivity index (χ3v) is 5.09. The lowest BCUT2D eigenvalue weighted by Crippen LogP contribution is -2.52. The van der Waals surface area contributed by atoms with Gasteiger partial charge in [-0.05, 0) is 60.3 Å². The number of ether oxygens (including phenoxy) is 1. The van der Waals surface area contributed by atoms with Crippen LogP contribution in [0.4, 0.5) is 4.79 Å². The van der Waals surface area contributed by atoms with Gasteiger partial charge in [0.2, 0.25) is 0 Å². The van der Waals surface area contributed by atoms with Gasteiger partial charge in [-0.2, -0.15) is 0 Å². The van der Waals surface area contributed by atoms with E-state index in [1.165, 1.54) is 0 Å². The molecule has 7 heteroatoms. The molecule has 0 aromatic carbocycles. The lowest BCUT2D eigenvalue weighted by Gasteiger charge is -2.39. The van der Waals surface area contributed by atoms with Crippen LogP contribution in [0.15, 0.2) is 6.33 Å². The van der Waals surface area contributed by atoms with Gasteiger partial charge in [0.1, 0.15) is 17.8 Å². The number of aromatic nitrogens is 3. The van der Waals surface area contributed by atoms with Crippen LogP contribution in [0, 0.1) is 0 Å². The monoisotopic (exact) mass is 349 g/mol. The highest BCUT2D eigenvalue weighted by molar-refractivity contribution is 5.69. The summed E-state index contributed by atoms with van der Waals surface area (Å²) in [6, 6.07) is 1.34. The molecule has 3 atom stereocenters. The highest BCUT2D eigenvalue weighted by Gasteiger charge is 2.44. The zero-order valence-electron chi connectivity index (χ0n) is 16.0. The first-order valence-corrected chi connectivity index (χ1v) is 9.37. The number of hydrogen-bond acceptors (Lipinski definition) is 5. The van der Waals surface area contributed by atoms with Crippen LogP contribution in [0.1, 0.15) is 72.2 Å². The summed E-state index contributed by atoms with van der Waals surface area (Å²) in [7, 11) is 0. The molecule has 140 valence electrons. The SMILES string of the molecule is CC(C)n1cnnc1CNC1C[C@H]2CC[C@@H](C1)N2C(=O)OC(C)(C)C. The average molecular weight is 349 g/mol. The van der Waals surface area contributed by atoms with E-state index < -0.39 is 5.60 Å². The standard InChI is InChI=1S/C18H31N5O2/c1-12(2)22-11-20-21-16(22)10-19-13-8-14-6-7-15(9-13)23(14)17(24)25-18(3,4)5/h11-15,19H,6-10H2,1-5H3/t13?,14-,15+. The van der Waals surface area contributed by atoms with E-state index in [-0.39, 0.29) is 18.2 Å². The van der Waals surface area contributed by atoms with Gasteiger partial charge in [-0.15, -0.1) is 10.2 Å². The Bertz CT molecular complexity index is 593. The van der Waals surface area contributed by atoms with E-state index >= 15 is 0 Å². The van der Waals surface area contributed by atoms with Crippen LogP contribution < -0.4 is 5.32 Å². The molecule has 1 amide bonds. The number of hydrogen-bond donors (Lipinski definition) is 1. The van der Waals surface area contributed by atoms with Crippen molar-refractivity contribution in [3.63, 3.8) is 0 Å². The lowest BCUT2D eigenvalue weighted by atomic mass is 9.97. The average Bonchev–Trinajstić information content (AvgIpc) is 3.06. The summed E-state index contributed by atoms with van der Waals surface area (Å²) in [4.78, 5) is 14.5. The molecule has 1 aromatic rings. The number of carbonyl (C=O) groups excluding carboxylic acids is 1. The fourth-order valence-electron chi connectivity index (χ4n) is 4.02. The number of piperidine rings is 1. The van der Waals surface area contributed by atoms with Crippen molar-refractivity contribution in [2.45, 2.75) is 96.6 Å². The zero-order valence-corrected chi connectivity index (χ0v) is 16.0. The number of carbonyl (C=O) groups is 1. The van der Waals surface area contributed by atoms with Gasteiger partial charge in [-0.25, -0.2) is 4.79 Å². The first-order chi connectivity index (χ1) is 11.7. The fraction of sp³-hybridized carbons (Fsp3) is 0.833. The Morgan fingerprint density at radius 1 is 1.32 bits per heavy atom. The van der Waals surface area contributed by atoms with E-state index in [4.69, 9.17) is 4.74 Å². The molecule has 1 unspecified atom stereocenters. The number of fused-ring (bicyclic) bond motifs is 2. The van der Waals surface area contributed by atoms with Crippen LogP contribution in [0.5, 0.6) is 0 Å². The van der Waals surface area contributed by atoms with Crippen molar-refractivity contribution in [1.82, 2.24) is 25.0 Å². The Morgan fingerprint density at radius 2 is 1.96 bits per heavy atom. The maximum atomic E-state index is 12.5. The molecule has 25 heavy (non-hydrogen) atoms. The van der Waals surface area contributed by atoms with Gasteiger partial charge in [0.15, 0.2) is 0 Å². The Balaban J connectivity index is 1.57. The molecular formula is C18H31N5O2. The van der Waals surface area contributed by atoms with Crippen molar-refractivity contribution in [1.29, 1.82) is 0 Å². The number of rotatable bonds is 4. The van der Waals surface area contributed by atoms with Crippen LogP contribution in [0.25, 0.3) is 0 Å². The summed E-state index contributed by atoms with van der Waals surface area (Å²) < 4.78 is 7.69. The second-order valence-corrected chi connectivity index (χ2v) is 8.57. The molecule has 0 saturated carbocycles. The summed E-state index contributed by atoms with van der Waals surface area (Å²) in [5.74, 6) is 0.969. The van der Waals surface area contributed by atoms with Gasteiger partial charge < -0.3 is 19.5 Å². The van der Waals surface area contributed by atoms with E-state index in [1.54, 1.807) is 6.33 Å². The number of nitrogens with zero attached hydrogens (tertiary/aromatic N) is 4. The smallest absolute Gasteiger partial charge is 0.410 e. The minimum absolute atomic E-state index is 0.155. The van der Waals surface area contributed by atoms with E-state index in [0.29, 0.717) is 18.6 Å². The molecule has 2 bridgehead atoms. The first-order valence-electron chi connectivity index (χ1n) is 9.37. The predicted octanol–water partition coefficient (Wildman–Crippen LogP) is 2.88. The zero-order chi connectivity index (χ0) is 18.2. The van der Waals surface area contributed by atoms with Crippen molar-refractivity contribution in [2.75, 3.05) is 0 Å². The van der Waals surface area contributed by atoms with Gasteiger partial charge >= 0.3 is 6.09 Å². The maximum Gasteiger partial charge on any atom is 0.410 e. The predicted molar refractivity (Wildman–Crippen MR) is 95.2 cm³/mol. The molecule has 2 aliphatic heterocycles. The first kappa shape index (κ1) is 18.2. The summed E-state index contributed by atoms with van der Waals surface area (Å²) in [5, 5.41) is 11.9. The molecule has 0 radical (unpaired) electrons. The Morgan fingerprint density at radius 3 is 2.52 bits per heavy atom. The highest BCUT2D eigenvalue weighted by Crippen LogP contribution is 2.36. The second kappa shape index (κ2) is 6.94. The quantitative estimate of drug-likeness (QED) is 0.905. The third kappa shape index (κ3) is 4.14. The second-order valence-electron chi connectivity index (χ2n) is 8.57. The molecule has 3 rings (SSSR count). The topological polar surface area (TPSA) is 72.3 Å². The van der Waals surface area contributed by atoms with Gasteiger partial charge in [0, 0.05) is 24.2 Å². The minimum atomic E-state index is -0.438. The van der Waals surface area contributed by atoms with Crippen LogP contribution in [0.3, 0.4) is 0 Å². The molecule has 7 nitrogen and oxygen atoms in total. The van der Waals surface area contributed by atoms with Gasteiger partial charge in [0.05, 0.1) is 6.54 Å².